The fraction of sp³-hybridized carbons (Fsp3) is 0.579. The van der Waals surface area contributed by atoms with E-state index in [2.05, 4.69) is 44.7 Å². The second-order valence-corrected chi connectivity index (χ2v) is 7.75. The van der Waals surface area contributed by atoms with Gasteiger partial charge in [0.15, 0.2) is 0 Å². The maximum absolute atomic E-state index is 11.8. The lowest BCUT2D eigenvalue weighted by atomic mass is 10.0. The Morgan fingerprint density at radius 3 is 2.58 bits per heavy atom. The second-order valence-electron chi connectivity index (χ2n) is 7.75. The van der Waals surface area contributed by atoms with Crippen molar-refractivity contribution in [3.63, 3.8) is 0 Å². The van der Waals surface area contributed by atoms with E-state index in [1.807, 2.05) is 0 Å². The van der Waals surface area contributed by atoms with Gasteiger partial charge in [-0.1, -0.05) is 13.8 Å². The van der Waals surface area contributed by atoms with E-state index in [1.165, 1.54) is 6.20 Å². The van der Waals surface area contributed by atoms with Gasteiger partial charge in [-0.15, -0.1) is 0 Å². The highest BCUT2D eigenvalue weighted by atomic mass is 16.1. The molecule has 2 saturated heterocycles. The first-order valence-corrected chi connectivity index (χ1v) is 9.40. The van der Waals surface area contributed by atoms with Gasteiger partial charge in [0.2, 0.25) is 0 Å². The van der Waals surface area contributed by atoms with Crippen molar-refractivity contribution in [3.05, 3.63) is 47.0 Å². The highest BCUT2D eigenvalue weighted by Crippen LogP contribution is 2.33. The molecule has 2 aromatic rings. The first-order valence-electron chi connectivity index (χ1n) is 9.40. The van der Waals surface area contributed by atoms with E-state index in [0.717, 1.165) is 50.8 Å². The molecule has 2 aromatic heterocycles. The SMILES string of the molecule is CC(C)c1cc(N2CC3CN(CCn4ccncc4=O)CC3C2)ncn1. The van der Waals surface area contributed by atoms with Crippen molar-refractivity contribution in [2.45, 2.75) is 26.3 Å². The average Bonchev–Trinajstić information content (AvgIpc) is 3.20. The molecule has 0 saturated carbocycles. The van der Waals surface area contributed by atoms with Crippen LogP contribution in [0.1, 0.15) is 25.5 Å². The van der Waals surface area contributed by atoms with Gasteiger partial charge in [-0.25, -0.2) is 9.97 Å². The number of hydrogen-bond acceptors (Lipinski definition) is 6. The minimum absolute atomic E-state index is 0.0252. The molecule has 4 rings (SSSR count). The molecule has 2 fully saturated rings. The first kappa shape index (κ1) is 17.1. The third-order valence-electron chi connectivity index (χ3n) is 5.61. The van der Waals surface area contributed by atoms with Gasteiger partial charge in [-0.05, 0) is 17.8 Å². The summed E-state index contributed by atoms with van der Waals surface area (Å²) in [6.45, 7) is 10.3. The maximum Gasteiger partial charge on any atom is 0.269 e. The van der Waals surface area contributed by atoms with E-state index < -0.39 is 0 Å². The van der Waals surface area contributed by atoms with Crippen LogP contribution in [0.15, 0.2) is 35.8 Å². The number of rotatable bonds is 5. The van der Waals surface area contributed by atoms with Crippen molar-refractivity contribution >= 4 is 5.82 Å². The van der Waals surface area contributed by atoms with E-state index >= 15 is 0 Å². The van der Waals surface area contributed by atoms with Crippen LogP contribution in [-0.2, 0) is 6.54 Å². The summed E-state index contributed by atoms with van der Waals surface area (Å²) in [5.74, 6) is 2.85. The van der Waals surface area contributed by atoms with E-state index in [9.17, 15) is 4.79 Å². The van der Waals surface area contributed by atoms with Gasteiger partial charge in [-0.3, -0.25) is 9.78 Å². The number of fused-ring (bicyclic) bond motifs is 1. The zero-order valence-corrected chi connectivity index (χ0v) is 15.5. The molecule has 2 atom stereocenters. The van der Waals surface area contributed by atoms with E-state index in [-0.39, 0.29) is 5.56 Å². The molecule has 0 amide bonds. The molecule has 0 spiro atoms. The summed E-state index contributed by atoms with van der Waals surface area (Å²) >= 11 is 0. The third kappa shape index (κ3) is 3.49. The monoisotopic (exact) mass is 354 g/mol. The van der Waals surface area contributed by atoms with Crippen LogP contribution in [0.25, 0.3) is 0 Å². The molecule has 4 heterocycles. The van der Waals surface area contributed by atoms with Gasteiger partial charge in [-0.2, -0.15) is 0 Å². The summed E-state index contributed by atoms with van der Waals surface area (Å²) < 4.78 is 1.74. The van der Waals surface area contributed by atoms with Gasteiger partial charge in [0.05, 0.1) is 6.20 Å². The van der Waals surface area contributed by atoms with Crippen LogP contribution in [0.4, 0.5) is 5.82 Å². The lowest BCUT2D eigenvalue weighted by Gasteiger charge is -2.23. The smallest absolute Gasteiger partial charge is 0.269 e. The molecule has 7 nitrogen and oxygen atoms in total. The van der Waals surface area contributed by atoms with Crippen LogP contribution in [0.5, 0.6) is 0 Å². The fourth-order valence-electron chi connectivity index (χ4n) is 4.12. The van der Waals surface area contributed by atoms with E-state index in [4.69, 9.17) is 0 Å². The number of nitrogens with zero attached hydrogens (tertiary/aromatic N) is 6. The summed E-state index contributed by atoms with van der Waals surface area (Å²) in [7, 11) is 0. The van der Waals surface area contributed by atoms with E-state index in [1.54, 1.807) is 23.3 Å². The zero-order chi connectivity index (χ0) is 18.1. The Bertz CT molecular complexity index is 805. The Morgan fingerprint density at radius 1 is 1.12 bits per heavy atom. The Balaban J connectivity index is 1.33. The second kappa shape index (κ2) is 7.15. The first-order chi connectivity index (χ1) is 12.6. The molecule has 2 unspecified atom stereocenters. The molecule has 2 aliphatic rings. The minimum Gasteiger partial charge on any atom is -0.356 e. The molecule has 7 heteroatoms. The number of hydrogen-bond donors (Lipinski definition) is 0. The van der Waals surface area contributed by atoms with E-state index in [0.29, 0.717) is 17.8 Å². The summed E-state index contributed by atoms with van der Waals surface area (Å²) in [4.78, 5) is 29.4. The molecular weight excluding hydrogens is 328 g/mol. The van der Waals surface area contributed by atoms with Crippen LogP contribution in [0, 0.1) is 11.8 Å². The van der Waals surface area contributed by atoms with Gasteiger partial charge >= 0.3 is 0 Å². The normalized spacial score (nSPS) is 23.0. The average molecular weight is 354 g/mol. The van der Waals surface area contributed by atoms with Crippen molar-refractivity contribution in [3.8, 4) is 0 Å². The lowest BCUT2D eigenvalue weighted by Crippen LogP contribution is -2.33. The number of anilines is 1. The predicted octanol–water partition coefficient (Wildman–Crippen LogP) is 1.22. The standard InChI is InChI=1S/C19H26N6O/c1-14(2)17-7-18(22-13-21-17)25-11-15-9-23(10-16(15)12-25)5-6-24-4-3-20-8-19(24)26/h3-4,7-8,13-16H,5-6,9-12H2,1-2H3. The Morgan fingerprint density at radius 2 is 1.88 bits per heavy atom. The summed E-state index contributed by atoms with van der Waals surface area (Å²) in [6, 6.07) is 2.14. The van der Waals surface area contributed by atoms with Crippen molar-refractivity contribution in [2.75, 3.05) is 37.6 Å². The minimum atomic E-state index is -0.0252. The third-order valence-corrected chi connectivity index (χ3v) is 5.61. The molecule has 0 N–H and O–H groups in total. The predicted molar refractivity (Wildman–Crippen MR) is 100 cm³/mol. The fourth-order valence-corrected chi connectivity index (χ4v) is 4.12. The van der Waals surface area contributed by atoms with Crippen molar-refractivity contribution in [2.24, 2.45) is 11.8 Å². The Hall–Kier alpha value is -2.28. The van der Waals surface area contributed by atoms with Gasteiger partial charge < -0.3 is 14.4 Å². The molecule has 0 aromatic carbocycles. The zero-order valence-electron chi connectivity index (χ0n) is 15.5. The molecular formula is C19H26N6O. The molecule has 0 bridgehead atoms. The molecule has 138 valence electrons. The van der Waals surface area contributed by atoms with Crippen LogP contribution in [0.2, 0.25) is 0 Å². The van der Waals surface area contributed by atoms with Gasteiger partial charge in [0, 0.05) is 63.4 Å². The Kier molecular flexibility index (Phi) is 4.72. The topological polar surface area (TPSA) is 67.2 Å². The molecule has 0 radical (unpaired) electrons. The summed E-state index contributed by atoms with van der Waals surface area (Å²) in [6.07, 6.45) is 6.51. The number of aromatic nitrogens is 4. The van der Waals surface area contributed by atoms with Crippen LogP contribution in [0.3, 0.4) is 0 Å². The van der Waals surface area contributed by atoms with Crippen LogP contribution >= 0.6 is 0 Å². The molecule has 0 aliphatic carbocycles. The molecule has 26 heavy (non-hydrogen) atoms. The molecule has 2 aliphatic heterocycles. The highest BCUT2D eigenvalue weighted by Gasteiger charge is 2.40. The van der Waals surface area contributed by atoms with Gasteiger partial charge in [0.25, 0.3) is 5.56 Å². The maximum atomic E-state index is 11.8. The van der Waals surface area contributed by atoms with Gasteiger partial charge in [0.1, 0.15) is 12.1 Å². The van der Waals surface area contributed by atoms with Crippen LogP contribution in [-0.4, -0.2) is 57.1 Å². The Labute approximate surface area is 153 Å². The summed E-state index contributed by atoms with van der Waals surface area (Å²) in [5.41, 5.74) is 1.08. The van der Waals surface area contributed by atoms with Crippen molar-refractivity contribution in [1.82, 2.24) is 24.4 Å². The largest absolute Gasteiger partial charge is 0.356 e. The quantitative estimate of drug-likeness (QED) is 0.804. The highest BCUT2D eigenvalue weighted by molar-refractivity contribution is 5.41. The van der Waals surface area contributed by atoms with Crippen LogP contribution < -0.4 is 10.5 Å². The number of likely N-dealkylation sites (tertiary alicyclic amines) is 1. The summed E-state index contributed by atoms with van der Waals surface area (Å²) in [5, 5.41) is 0. The van der Waals surface area contributed by atoms with Crippen molar-refractivity contribution < 1.29 is 0 Å². The van der Waals surface area contributed by atoms with Crippen molar-refractivity contribution in [1.29, 1.82) is 0 Å². The lowest BCUT2D eigenvalue weighted by molar-refractivity contribution is 0.300.